The molecule has 3 fully saturated rings. The van der Waals surface area contributed by atoms with E-state index in [0.29, 0.717) is 86.8 Å². The highest BCUT2D eigenvalue weighted by Gasteiger charge is 2.53. The molecule has 1 saturated carbocycles. The van der Waals surface area contributed by atoms with Crippen molar-refractivity contribution in [1.82, 2.24) is 30.2 Å². The van der Waals surface area contributed by atoms with E-state index in [2.05, 4.69) is 25.3 Å². The standard InChI is InChI=1S/C51H79NO13.C20H22N8O5/c1-30-16-12-11-13-17-31(2)42(61-8)28-38-21-19-36(7)51(60,65-38)48(57)49(58)52-23-15-14-18-39(52)50(59)64-43(33(4)26-37-20-22-40(53)44(27-37)62-9)29-41(54)32(3)25-35(6)46(56)47(63-10)45(55)34(5)24-30;1-28(9-11-8-23-17-15(24-11)16(21)26-20(22)27-17)12-4-2-10(3-5-12)18(31)25-13(19(32)33)6-7-14(29)30/h11-13,16-17,25,30,32-34,36-40,42-44,46-47,53,56,60H,14-15,18-24,26-29H2,1-10H3;2-5,8,13H,6-7,9H2,1H3,(H,25,31)(H,29,30)(H,32,33)(H4,21,22,23,26,27)/b13-11+,16-12+,31-17+,35-25+;/t30-,32-,33-,34-,36-,37+,38+,39+,40-,42+,43+,44-,46-,47+,51-;13-/m10/s1. The van der Waals surface area contributed by atoms with Crippen LogP contribution < -0.4 is 21.7 Å². The number of carboxylic acid groups (broad SMARTS) is 2. The number of ether oxygens (including phenoxy) is 5. The number of fused-ring (bicyclic) bond motifs is 4. The summed E-state index contributed by atoms with van der Waals surface area (Å²) in [5, 5.41) is 54.1. The van der Waals surface area contributed by atoms with Gasteiger partial charge in [0.25, 0.3) is 17.6 Å². The number of aliphatic carboxylic acids is 2. The van der Waals surface area contributed by atoms with E-state index in [1.807, 2.05) is 70.0 Å². The van der Waals surface area contributed by atoms with Crippen LogP contribution in [-0.2, 0) is 63.8 Å². The normalized spacial score (nSPS) is 30.7. The fraction of sp³-hybridized carbons (Fsp3) is 0.606. The van der Waals surface area contributed by atoms with E-state index in [4.69, 9.17) is 40.3 Å². The molecule has 1 aliphatic carbocycles. The fourth-order valence-electron chi connectivity index (χ4n) is 13.1. The van der Waals surface area contributed by atoms with Crippen LogP contribution >= 0.6 is 0 Å². The lowest BCUT2D eigenvalue weighted by Crippen LogP contribution is -2.61. The van der Waals surface area contributed by atoms with E-state index in [-0.39, 0.29) is 85.0 Å². The number of hydrogen-bond donors (Lipinski definition) is 8. The number of aliphatic hydroxyl groups excluding tert-OH is 2. The number of piperidine rings is 1. The molecule has 7 rings (SSSR count). The minimum atomic E-state index is -2.43. The topological polar surface area (TPSA) is 406 Å². The number of esters is 1. The van der Waals surface area contributed by atoms with Gasteiger partial charge in [-0.3, -0.25) is 28.8 Å². The van der Waals surface area contributed by atoms with Gasteiger partial charge in [-0.15, -0.1) is 0 Å². The van der Waals surface area contributed by atoms with Gasteiger partial charge in [0.05, 0.1) is 42.9 Å². The summed E-state index contributed by atoms with van der Waals surface area (Å²) in [4.78, 5) is 124. The number of ketones is 3. The zero-order chi connectivity index (χ0) is 72.3. The Kier molecular flexibility index (Phi) is 29.7. The molecule has 2 aromatic heterocycles. The summed E-state index contributed by atoms with van der Waals surface area (Å²) in [6, 6.07) is 4.02. The monoisotopic (exact) mass is 1370 g/mol. The molecule has 27 heteroatoms. The highest BCUT2D eigenvalue weighted by molar-refractivity contribution is 6.39. The molecule has 1 aromatic carbocycles. The van der Waals surface area contributed by atoms with Gasteiger partial charge < -0.3 is 75.8 Å². The summed E-state index contributed by atoms with van der Waals surface area (Å²) >= 11 is 0. The van der Waals surface area contributed by atoms with Gasteiger partial charge in [0.2, 0.25) is 11.7 Å². The summed E-state index contributed by atoms with van der Waals surface area (Å²) in [6.45, 7) is 13.1. The van der Waals surface area contributed by atoms with Gasteiger partial charge in [-0.25, -0.2) is 19.6 Å². The summed E-state index contributed by atoms with van der Waals surface area (Å²) in [5.74, 6) is -10.9. The second-order valence-corrected chi connectivity index (χ2v) is 26.8. The highest BCUT2D eigenvalue weighted by Crippen LogP contribution is 2.38. The van der Waals surface area contributed by atoms with E-state index in [9.17, 15) is 58.8 Å². The molecule has 10 N–H and O–H groups in total. The van der Waals surface area contributed by atoms with Gasteiger partial charge in [-0.2, -0.15) is 9.97 Å². The number of nitrogen functional groups attached to an aromatic ring is 2. The molecule has 5 heterocycles. The molecule has 0 radical (unpaired) electrons. The number of nitrogens with one attached hydrogen (secondary N) is 1. The van der Waals surface area contributed by atoms with Gasteiger partial charge in [0.1, 0.15) is 36.2 Å². The predicted octanol–water partition coefficient (Wildman–Crippen LogP) is 6.45. The second-order valence-electron chi connectivity index (χ2n) is 26.8. The number of nitrogens with zero attached hydrogens (tertiary/aromatic N) is 6. The van der Waals surface area contributed by atoms with E-state index in [1.165, 1.54) is 24.1 Å². The Hall–Kier alpha value is -7.92. The summed E-state index contributed by atoms with van der Waals surface area (Å²) in [5.41, 5.74) is 14.9. The third kappa shape index (κ3) is 21.5. The number of allylic oxidation sites excluding steroid dienone is 6. The van der Waals surface area contributed by atoms with Gasteiger partial charge in [-0.1, -0.05) is 71.1 Å². The van der Waals surface area contributed by atoms with Crippen LogP contribution in [0.15, 0.2) is 78.1 Å². The number of carbonyl (C=O) groups is 8. The third-order valence-corrected chi connectivity index (χ3v) is 19.2. The van der Waals surface area contributed by atoms with E-state index in [0.717, 1.165) is 17.7 Å². The molecular formula is C71H101N9O18. The first kappa shape index (κ1) is 79.1. The van der Waals surface area contributed by atoms with Crippen molar-refractivity contribution in [3.63, 3.8) is 0 Å². The van der Waals surface area contributed by atoms with Gasteiger partial charge in [-0.05, 0) is 138 Å². The van der Waals surface area contributed by atoms with Crippen LogP contribution in [0.25, 0.3) is 11.2 Å². The molecule has 16 atom stereocenters. The number of benzene rings is 1. The molecule has 4 aliphatic rings. The summed E-state index contributed by atoms with van der Waals surface area (Å²) < 4.78 is 29.4. The van der Waals surface area contributed by atoms with Gasteiger partial charge in [0.15, 0.2) is 22.8 Å². The van der Waals surface area contributed by atoms with E-state index in [1.54, 1.807) is 59.4 Å². The number of methoxy groups -OCH3 is 3. The van der Waals surface area contributed by atoms with Crippen LogP contribution in [0.4, 0.5) is 17.5 Å². The van der Waals surface area contributed by atoms with Crippen molar-refractivity contribution in [3.05, 3.63) is 89.3 Å². The minimum Gasteiger partial charge on any atom is -0.481 e. The Balaban J connectivity index is 0.000000382. The van der Waals surface area contributed by atoms with Crippen molar-refractivity contribution in [2.75, 3.05) is 51.3 Å². The van der Waals surface area contributed by atoms with Crippen molar-refractivity contribution in [3.8, 4) is 0 Å². The smallest absolute Gasteiger partial charge is 0.329 e. The first-order valence-corrected chi connectivity index (χ1v) is 33.7. The number of carboxylic acids is 2. The summed E-state index contributed by atoms with van der Waals surface area (Å²) in [7, 11) is 6.34. The lowest BCUT2D eigenvalue weighted by atomic mass is 9.78. The number of rotatable bonds is 15. The maximum absolute atomic E-state index is 14.4. The summed E-state index contributed by atoms with van der Waals surface area (Å²) in [6.07, 6.45) is 12.1. The Bertz CT molecular complexity index is 3400. The molecule has 98 heavy (non-hydrogen) atoms. The molecule has 2 bridgehead atoms. The number of aromatic nitrogens is 4. The Labute approximate surface area is 572 Å². The average Bonchev–Trinajstić information content (AvgIpc) is 0.786. The number of anilines is 3. The van der Waals surface area contributed by atoms with Crippen LogP contribution in [0.5, 0.6) is 0 Å². The second kappa shape index (κ2) is 36.8. The Morgan fingerprint density at radius 3 is 2.23 bits per heavy atom. The van der Waals surface area contributed by atoms with Crippen molar-refractivity contribution in [2.45, 2.75) is 206 Å². The van der Waals surface area contributed by atoms with E-state index >= 15 is 0 Å². The van der Waals surface area contributed by atoms with Crippen LogP contribution in [0.2, 0.25) is 0 Å². The van der Waals surface area contributed by atoms with Crippen molar-refractivity contribution >= 4 is 75.7 Å². The lowest BCUT2D eigenvalue weighted by Gasteiger charge is -2.42. The molecule has 3 aliphatic heterocycles. The molecule has 27 nitrogen and oxygen atoms in total. The number of aliphatic hydroxyl groups is 3. The van der Waals surface area contributed by atoms with Crippen LogP contribution in [0.1, 0.15) is 154 Å². The quantitative estimate of drug-likeness (QED) is 0.0460. The fourth-order valence-corrected chi connectivity index (χ4v) is 13.1. The molecule has 2 saturated heterocycles. The number of hydrogen-bond acceptors (Lipinski definition) is 23. The molecule has 3 aromatic rings. The molecule has 2 amide bonds. The third-order valence-electron chi connectivity index (χ3n) is 19.2. The van der Waals surface area contributed by atoms with E-state index < -0.39 is 108 Å². The molecule has 538 valence electrons. The maximum atomic E-state index is 14.4. The number of Topliss-reactive ketones (excluding diaryl/α,β-unsaturated/α-hetero) is 3. The first-order chi connectivity index (χ1) is 46.4. The van der Waals surface area contributed by atoms with Gasteiger partial charge in [0, 0.05) is 83.2 Å². The molecule has 0 unspecified atom stereocenters. The largest absolute Gasteiger partial charge is 0.481 e. The first-order valence-electron chi connectivity index (χ1n) is 33.7. The average molecular weight is 1370 g/mol. The maximum Gasteiger partial charge on any atom is 0.329 e. The Morgan fingerprint density at radius 1 is 0.857 bits per heavy atom. The van der Waals surface area contributed by atoms with Crippen molar-refractivity contribution < 1.29 is 87.6 Å². The van der Waals surface area contributed by atoms with Crippen LogP contribution in [0, 0.1) is 35.5 Å². The minimum absolute atomic E-state index is 0.0138. The Morgan fingerprint density at radius 2 is 1.57 bits per heavy atom. The predicted molar refractivity (Wildman–Crippen MR) is 363 cm³/mol. The number of cyclic esters (lactones) is 1. The molecular weight excluding hydrogens is 1270 g/mol. The number of carbonyl (C=O) groups excluding carboxylic acids is 6. The number of amides is 2. The zero-order valence-electron chi connectivity index (χ0n) is 58.2. The zero-order valence-corrected chi connectivity index (χ0v) is 58.2. The van der Waals surface area contributed by atoms with Crippen LogP contribution in [0.3, 0.4) is 0 Å². The highest BCUT2D eigenvalue weighted by atomic mass is 16.6. The van der Waals surface area contributed by atoms with Crippen molar-refractivity contribution in [2.24, 2.45) is 35.5 Å². The SMILES string of the molecule is CN(Cc1cnc2nc(N)nc(N)c2n1)c1ccc(C(=O)N[C@@H](CCC(=O)O)C(=O)O)cc1.CO[C@H]1C[C@@H]2CC[C@@H](C)[C@@](O)(O2)C(=O)C(=O)N2CCCC[C@H]2C(=O)O[C@H]([C@H](C)C[C@@H]2CC[C@@H](O)[C@H](OC)C2)CC(=O)[C@H](C)/C=C(\C)[C@@H](O)[C@@H](OC)C(=O)[C@H](C)C[C@H](C)/C=C/C=C/C=C/1C. The number of nitrogens with two attached hydrogens (primary N) is 2. The van der Waals surface area contributed by atoms with Crippen molar-refractivity contribution in [1.29, 1.82) is 0 Å². The molecule has 0 spiro atoms. The van der Waals surface area contributed by atoms with Gasteiger partial charge >= 0.3 is 17.9 Å². The van der Waals surface area contributed by atoms with Crippen LogP contribution in [-0.4, -0.2) is 193 Å². The lowest BCUT2D eigenvalue weighted by molar-refractivity contribution is -0.265.